The Kier molecular flexibility index (Phi) is 3.40. The third kappa shape index (κ3) is 2.57. The molecule has 96 valence electrons. The SMILES string of the molecule is Clc1cnc(NN=C2CCc3ccccc32)c(Cl)c1. The summed E-state index contributed by atoms with van der Waals surface area (Å²) in [6.45, 7) is 0. The normalized spacial score (nSPS) is 15.6. The Hall–Kier alpha value is -1.58. The van der Waals surface area contributed by atoms with Crippen LogP contribution in [0, 0.1) is 0 Å². The number of benzene rings is 1. The van der Waals surface area contributed by atoms with Gasteiger partial charge < -0.3 is 0 Å². The van der Waals surface area contributed by atoms with Gasteiger partial charge in [-0.2, -0.15) is 5.10 Å². The molecule has 3 nitrogen and oxygen atoms in total. The summed E-state index contributed by atoms with van der Waals surface area (Å²) in [5.41, 5.74) is 6.47. The first kappa shape index (κ1) is 12.5. The van der Waals surface area contributed by atoms with Crippen molar-refractivity contribution < 1.29 is 0 Å². The van der Waals surface area contributed by atoms with Gasteiger partial charge in [0.2, 0.25) is 0 Å². The number of aromatic nitrogens is 1. The minimum Gasteiger partial charge on any atom is -0.260 e. The van der Waals surface area contributed by atoms with Gasteiger partial charge in [-0.15, -0.1) is 0 Å². The van der Waals surface area contributed by atoms with Crippen molar-refractivity contribution in [3.05, 3.63) is 57.7 Å². The molecule has 2 aromatic rings. The number of pyridine rings is 1. The molecule has 3 rings (SSSR count). The summed E-state index contributed by atoms with van der Waals surface area (Å²) >= 11 is 11.8. The highest BCUT2D eigenvalue weighted by molar-refractivity contribution is 6.35. The molecule has 1 N–H and O–H groups in total. The lowest BCUT2D eigenvalue weighted by Crippen LogP contribution is -2.01. The number of nitrogens with one attached hydrogen (secondary N) is 1. The van der Waals surface area contributed by atoms with Crippen molar-refractivity contribution in [1.82, 2.24) is 4.98 Å². The maximum Gasteiger partial charge on any atom is 0.165 e. The second-order valence-corrected chi connectivity index (χ2v) is 5.16. The fourth-order valence-corrected chi connectivity index (χ4v) is 2.56. The van der Waals surface area contributed by atoms with Gasteiger partial charge in [-0.1, -0.05) is 47.5 Å². The van der Waals surface area contributed by atoms with E-state index in [-0.39, 0.29) is 0 Å². The van der Waals surface area contributed by atoms with E-state index in [1.165, 1.54) is 11.1 Å². The van der Waals surface area contributed by atoms with Crippen LogP contribution >= 0.6 is 23.2 Å². The van der Waals surface area contributed by atoms with Crippen molar-refractivity contribution in [2.24, 2.45) is 5.10 Å². The van der Waals surface area contributed by atoms with Crippen LogP contribution < -0.4 is 5.43 Å². The van der Waals surface area contributed by atoms with E-state index < -0.39 is 0 Å². The number of halogens is 2. The van der Waals surface area contributed by atoms with Gasteiger partial charge in [0.1, 0.15) is 0 Å². The fraction of sp³-hybridized carbons (Fsp3) is 0.143. The lowest BCUT2D eigenvalue weighted by molar-refractivity contribution is 1.08. The van der Waals surface area contributed by atoms with E-state index in [4.69, 9.17) is 23.2 Å². The molecule has 1 aliphatic rings. The van der Waals surface area contributed by atoms with Crippen molar-refractivity contribution in [1.29, 1.82) is 0 Å². The van der Waals surface area contributed by atoms with Gasteiger partial charge in [0.05, 0.1) is 15.8 Å². The van der Waals surface area contributed by atoms with Gasteiger partial charge in [-0.25, -0.2) is 4.98 Å². The molecule has 1 aromatic carbocycles. The monoisotopic (exact) mass is 291 g/mol. The number of rotatable bonds is 2. The van der Waals surface area contributed by atoms with Crippen LogP contribution in [-0.2, 0) is 6.42 Å². The molecule has 1 aliphatic carbocycles. The van der Waals surface area contributed by atoms with Crippen molar-refractivity contribution in [3.8, 4) is 0 Å². The molecular weight excluding hydrogens is 281 g/mol. The average Bonchev–Trinajstić information content (AvgIpc) is 2.81. The van der Waals surface area contributed by atoms with Gasteiger partial charge in [0.25, 0.3) is 0 Å². The van der Waals surface area contributed by atoms with E-state index in [0.29, 0.717) is 15.9 Å². The first-order chi connectivity index (χ1) is 9.24. The van der Waals surface area contributed by atoms with Crippen molar-refractivity contribution in [2.75, 3.05) is 5.43 Å². The predicted octanol–water partition coefficient (Wildman–Crippen LogP) is 4.15. The quantitative estimate of drug-likeness (QED) is 0.844. The Morgan fingerprint density at radius 2 is 2.00 bits per heavy atom. The Morgan fingerprint density at radius 1 is 1.16 bits per heavy atom. The second kappa shape index (κ2) is 5.19. The summed E-state index contributed by atoms with van der Waals surface area (Å²) in [5, 5.41) is 5.37. The van der Waals surface area contributed by atoms with Gasteiger partial charge >= 0.3 is 0 Å². The number of hydrogen-bond acceptors (Lipinski definition) is 3. The van der Waals surface area contributed by atoms with Crippen molar-refractivity contribution >= 4 is 34.7 Å². The van der Waals surface area contributed by atoms with Crippen molar-refractivity contribution in [3.63, 3.8) is 0 Å². The van der Waals surface area contributed by atoms with Crippen molar-refractivity contribution in [2.45, 2.75) is 12.8 Å². The number of hydrogen-bond donors (Lipinski definition) is 1. The maximum absolute atomic E-state index is 6.04. The molecule has 0 spiro atoms. The molecule has 0 amide bonds. The van der Waals surface area contributed by atoms with Gasteiger partial charge in [0.15, 0.2) is 5.82 Å². The minimum atomic E-state index is 0.461. The molecule has 0 radical (unpaired) electrons. The summed E-state index contributed by atoms with van der Waals surface area (Å²) in [5.74, 6) is 0.517. The van der Waals surface area contributed by atoms with E-state index in [1.54, 1.807) is 12.3 Å². The van der Waals surface area contributed by atoms with Crippen LogP contribution in [0.5, 0.6) is 0 Å². The largest absolute Gasteiger partial charge is 0.260 e. The van der Waals surface area contributed by atoms with E-state index >= 15 is 0 Å². The Balaban J connectivity index is 1.84. The predicted molar refractivity (Wildman–Crippen MR) is 79.2 cm³/mol. The highest BCUT2D eigenvalue weighted by Crippen LogP contribution is 2.25. The number of anilines is 1. The first-order valence-corrected chi connectivity index (χ1v) is 6.71. The standard InChI is InChI=1S/C14H11Cl2N3/c15-10-7-12(16)14(17-8-10)19-18-13-6-5-9-3-1-2-4-11(9)13/h1-4,7-8H,5-6H2,(H,17,19). The smallest absolute Gasteiger partial charge is 0.165 e. The molecule has 0 saturated carbocycles. The highest BCUT2D eigenvalue weighted by Gasteiger charge is 2.16. The molecule has 0 unspecified atom stereocenters. The van der Waals surface area contributed by atoms with Crippen LogP contribution in [0.15, 0.2) is 41.6 Å². The number of aryl methyl sites for hydroxylation is 1. The minimum absolute atomic E-state index is 0.461. The highest BCUT2D eigenvalue weighted by atomic mass is 35.5. The van der Waals surface area contributed by atoms with Crippen LogP contribution in [0.1, 0.15) is 17.5 Å². The zero-order chi connectivity index (χ0) is 13.2. The van der Waals surface area contributed by atoms with E-state index in [0.717, 1.165) is 18.6 Å². The molecule has 1 aromatic heterocycles. The van der Waals surface area contributed by atoms with Crippen LogP contribution in [-0.4, -0.2) is 10.7 Å². The Morgan fingerprint density at radius 3 is 2.84 bits per heavy atom. The van der Waals surface area contributed by atoms with Crippen LogP contribution in [0.25, 0.3) is 0 Å². The molecule has 5 heteroatoms. The fourth-order valence-electron chi connectivity index (χ4n) is 2.14. The molecule has 1 heterocycles. The maximum atomic E-state index is 6.04. The summed E-state index contributed by atoms with van der Waals surface area (Å²) in [6, 6.07) is 9.92. The summed E-state index contributed by atoms with van der Waals surface area (Å²) in [7, 11) is 0. The van der Waals surface area contributed by atoms with Gasteiger partial charge in [-0.3, -0.25) is 5.43 Å². The average molecular weight is 292 g/mol. The molecule has 19 heavy (non-hydrogen) atoms. The second-order valence-electron chi connectivity index (χ2n) is 4.31. The van der Waals surface area contributed by atoms with E-state index in [2.05, 4.69) is 27.6 Å². The summed E-state index contributed by atoms with van der Waals surface area (Å²) in [6.07, 6.45) is 3.49. The Bertz CT molecular complexity index is 653. The van der Waals surface area contributed by atoms with Crippen LogP contribution in [0.4, 0.5) is 5.82 Å². The van der Waals surface area contributed by atoms with Crippen LogP contribution in [0.2, 0.25) is 10.0 Å². The van der Waals surface area contributed by atoms with E-state index in [9.17, 15) is 0 Å². The van der Waals surface area contributed by atoms with Crippen LogP contribution in [0.3, 0.4) is 0 Å². The Labute approximate surface area is 121 Å². The molecule has 0 fully saturated rings. The lowest BCUT2D eigenvalue weighted by atomic mass is 10.1. The number of nitrogens with zero attached hydrogens (tertiary/aromatic N) is 2. The van der Waals surface area contributed by atoms with Gasteiger partial charge in [0, 0.05) is 11.8 Å². The molecule has 0 atom stereocenters. The van der Waals surface area contributed by atoms with E-state index in [1.807, 2.05) is 12.1 Å². The molecular formula is C14H11Cl2N3. The molecule has 0 saturated heterocycles. The zero-order valence-electron chi connectivity index (χ0n) is 10.0. The molecule has 0 aliphatic heterocycles. The lowest BCUT2D eigenvalue weighted by Gasteiger charge is -2.04. The zero-order valence-corrected chi connectivity index (χ0v) is 11.5. The van der Waals surface area contributed by atoms with Gasteiger partial charge in [-0.05, 0) is 24.5 Å². The third-order valence-corrected chi connectivity index (χ3v) is 3.56. The number of hydrazone groups is 1. The topological polar surface area (TPSA) is 37.3 Å². The summed E-state index contributed by atoms with van der Waals surface area (Å²) < 4.78 is 0. The first-order valence-electron chi connectivity index (χ1n) is 5.96. The third-order valence-electron chi connectivity index (χ3n) is 3.06. The number of fused-ring (bicyclic) bond motifs is 1. The molecule has 0 bridgehead atoms. The summed E-state index contributed by atoms with van der Waals surface area (Å²) in [4.78, 5) is 4.11.